The average Bonchev–Trinajstić information content (AvgIpc) is 1.95. The third kappa shape index (κ3) is 2.40. The van der Waals surface area contributed by atoms with Crippen LogP contribution in [0.1, 0.15) is 10.4 Å². The largest absolute Gasteiger partial charge is 0.534 e. The number of aromatic hydroxyl groups is 1. The number of hydrogen-bond donors (Lipinski definition) is 1. The minimum atomic E-state index is -0.120. The first-order valence-electron chi connectivity index (χ1n) is 2.69. The van der Waals surface area contributed by atoms with E-state index in [1.54, 1.807) is 0 Å². The van der Waals surface area contributed by atoms with Crippen LogP contribution in [-0.2, 0) is 16.8 Å². The normalized spacial score (nSPS) is 8.36. The fraction of sp³-hybridized carbons (Fsp3) is 0. The van der Waals surface area contributed by atoms with Crippen molar-refractivity contribution in [1.29, 1.82) is 0 Å². The van der Waals surface area contributed by atoms with E-state index in [-0.39, 0.29) is 28.0 Å². The van der Waals surface area contributed by atoms with Crippen molar-refractivity contribution >= 4 is 19.6 Å². The molecule has 1 aromatic carbocycles. The molecule has 0 saturated heterocycles. The Labute approximate surface area is 76.2 Å². The molecule has 0 amide bonds. The van der Waals surface area contributed by atoms with E-state index in [1.807, 2.05) is 0 Å². The molecule has 1 rings (SSSR count). The first kappa shape index (κ1) is 10.3. The summed E-state index contributed by atoms with van der Waals surface area (Å²) in [5.41, 5.74) is 0.583. The van der Waals surface area contributed by atoms with E-state index < -0.39 is 0 Å². The van der Waals surface area contributed by atoms with Gasteiger partial charge in [0.2, 0.25) is 0 Å². The predicted molar refractivity (Wildman–Crippen MR) is 37.7 cm³/mol. The summed E-state index contributed by atoms with van der Waals surface area (Å²) in [5.74, 6) is -0.120. The maximum Gasteiger partial charge on any atom is 0.0950 e. The van der Waals surface area contributed by atoms with Crippen molar-refractivity contribution in [2.75, 3.05) is 0 Å². The molecule has 0 heterocycles. The summed E-state index contributed by atoms with van der Waals surface area (Å²) >= 11 is 0. The summed E-state index contributed by atoms with van der Waals surface area (Å²) in [4.78, 5) is 10.1. The topological polar surface area (TPSA) is 37.3 Å². The minimum absolute atomic E-state index is 0. The van der Waals surface area contributed by atoms with Gasteiger partial charge in [-0.05, 0) is 5.75 Å². The van der Waals surface area contributed by atoms with Crippen LogP contribution in [0.15, 0.2) is 12.1 Å². The Morgan fingerprint density at radius 3 is 2.73 bits per heavy atom. The van der Waals surface area contributed by atoms with Gasteiger partial charge < -0.3 is 9.90 Å². The number of hydrogen-bond acceptors (Lipinski definition) is 2. The van der Waals surface area contributed by atoms with Gasteiger partial charge in [0.05, 0.1) is 6.29 Å². The molecule has 3 radical (unpaired) electrons. The zero-order valence-corrected chi connectivity index (χ0v) is 6.54. The summed E-state index contributed by atoms with van der Waals surface area (Å²) in [5, 5.41) is 8.84. The number of aldehydes is 1. The maximum atomic E-state index is 10.1. The number of carbonyl (C=O) groups excluding carboxylic acids is 1. The molecule has 0 saturated carbocycles. The van der Waals surface area contributed by atoms with Crippen LogP contribution in [0.25, 0.3) is 0 Å². The van der Waals surface area contributed by atoms with Crippen molar-refractivity contribution in [1.82, 2.24) is 0 Å². The second-order valence-corrected chi connectivity index (χ2v) is 1.85. The number of carbonyl (C=O) groups is 1. The third-order valence-corrected chi connectivity index (χ3v) is 1.11. The number of phenolic OH excluding ortho intramolecular Hbond substituents is 1. The van der Waals surface area contributed by atoms with Crippen molar-refractivity contribution in [3.8, 4) is 5.75 Å². The monoisotopic (exact) mass is 190 g/mol. The molecule has 0 bridgehead atoms. The van der Waals surface area contributed by atoms with Crippen LogP contribution >= 0.6 is 0 Å². The van der Waals surface area contributed by atoms with E-state index in [0.717, 1.165) is 0 Å². The van der Waals surface area contributed by atoms with Crippen LogP contribution in [0.2, 0.25) is 0 Å². The van der Waals surface area contributed by atoms with Crippen molar-refractivity contribution in [3.63, 3.8) is 0 Å². The molecule has 4 heteroatoms. The molecule has 0 aliphatic heterocycles. The molecule has 0 fully saturated rings. The second kappa shape index (κ2) is 4.20. The van der Waals surface area contributed by atoms with E-state index in [9.17, 15) is 4.79 Å². The Kier molecular flexibility index (Phi) is 3.92. The SMILES string of the molecule is [B]c1cc(C=O)c[c-]c1O.[Co]. The van der Waals surface area contributed by atoms with Gasteiger partial charge in [-0.15, -0.1) is 6.07 Å². The summed E-state index contributed by atoms with van der Waals surface area (Å²) in [6.07, 6.45) is 0.645. The van der Waals surface area contributed by atoms with Crippen LogP contribution in [-0.4, -0.2) is 19.2 Å². The molecule has 1 aromatic rings. The zero-order chi connectivity index (χ0) is 7.56. The van der Waals surface area contributed by atoms with Gasteiger partial charge in [-0.2, -0.15) is 17.6 Å². The van der Waals surface area contributed by atoms with Crippen molar-refractivity contribution < 1.29 is 26.7 Å². The first-order valence-corrected chi connectivity index (χ1v) is 2.69. The Bertz CT molecular complexity index is 263. The zero-order valence-electron chi connectivity index (χ0n) is 5.50. The van der Waals surface area contributed by atoms with Gasteiger partial charge in [-0.3, -0.25) is 0 Å². The van der Waals surface area contributed by atoms with E-state index >= 15 is 0 Å². The van der Waals surface area contributed by atoms with Crippen LogP contribution in [0, 0.1) is 6.07 Å². The van der Waals surface area contributed by atoms with E-state index in [2.05, 4.69) is 6.07 Å². The van der Waals surface area contributed by atoms with E-state index in [1.165, 1.54) is 12.1 Å². The third-order valence-electron chi connectivity index (χ3n) is 1.11. The molecule has 2 nitrogen and oxygen atoms in total. The summed E-state index contributed by atoms with van der Waals surface area (Å²) < 4.78 is 0. The van der Waals surface area contributed by atoms with Gasteiger partial charge in [0, 0.05) is 24.6 Å². The number of rotatable bonds is 1. The van der Waals surface area contributed by atoms with Crippen molar-refractivity contribution in [2.24, 2.45) is 0 Å². The maximum absolute atomic E-state index is 10.1. The molecule has 0 spiro atoms. The van der Waals surface area contributed by atoms with Gasteiger partial charge in [0.15, 0.2) is 0 Å². The molecule has 0 atom stereocenters. The minimum Gasteiger partial charge on any atom is -0.534 e. The van der Waals surface area contributed by atoms with E-state index in [4.69, 9.17) is 13.0 Å². The van der Waals surface area contributed by atoms with Crippen LogP contribution in [0.4, 0.5) is 0 Å². The number of phenols is 1. The first-order chi connectivity index (χ1) is 4.74. The molecule has 0 aromatic heterocycles. The molecule has 0 unspecified atom stereocenters. The van der Waals surface area contributed by atoms with Crippen LogP contribution in [0.3, 0.4) is 0 Å². The van der Waals surface area contributed by atoms with Gasteiger partial charge in [0.25, 0.3) is 0 Å². The van der Waals surface area contributed by atoms with E-state index in [0.29, 0.717) is 11.8 Å². The van der Waals surface area contributed by atoms with Gasteiger partial charge in [-0.25, -0.2) is 0 Å². The fourth-order valence-corrected chi connectivity index (χ4v) is 0.593. The summed E-state index contributed by atoms with van der Waals surface area (Å²) in [6, 6.07) is 5.18. The van der Waals surface area contributed by atoms with Crippen LogP contribution in [0.5, 0.6) is 5.75 Å². The van der Waals surface area contributed by atoms with Crippen molar-refractivity contribution in [2.45, 2.75) is 0 Å². The summed E-state index contributed by atoms with van der Waals surface area (Å²) in [7, 11) is 5.26. The molecule has 11 heavy (non-hydrogen) atoms. The standard InChI is InChI=1S/C7H4BO2.Co/c8-6-3-5(4-9)1-2-7(6)10;/h1,3-4,10H;/q-1;. The fourth-order valence-electron chi connectivity index (χ4n) is 0.593. The van der Waals surface area contributed by atoms with Crippen LogP contribution < -0.4 is 5.46 Å². The molecule has 0 aliphatic rings. The molecular formula is C7H4BCoO2-. The van der Waals surface area contributed by atoms with Gasteiger partial charge in [0.1, 0.15) is 0 Å². The Hall–Kier alpha value is -0.739. The van der Waals surface area contributed by atoms with Gasteiger partial charge >= 0.3 is 0 Å². The Morgan fingerprint density at radius 2 is 2.27 bits per heavy atom. The molecule has 1 N–H and O–H groups in total. The quantitative estimate of drug-likeness (QED) is 0.378. The molecule has 57 valence electrons. The van der Waals surface area contributed by atoms with Crippen molar-refractivity contribution in [3.05, 3.63) is 23.8 Å². The average molecular weight is 190 g/mol. The van der Waals surface area contributed by atoms with Gasteiger partial charge in [-0.1, -0.05) is 5.56 Å². The smallest absolute Gasteiger partial charge is 0.0950 e. The Morgan fingerprint density at radius 1 is 1.64 bits per heavy atom. The summed E-state index contributed by atoms with van der Waals surface area (Å²) in [6.45, 7) is 0. The molecule has 0 aliphatic carbocycles. The number of benzene rings is 1. The Balaban J connectivity index is 0.000001000. The second-order valence-electron chi connectivity index (χ2n) is 1.85. The predicted octanol–water partition coefficient (Wildman–Crippen LogP) is -0.204. The molecular weight excluding hydrogens is 186 g/mol.